The van der Waals surface area contributed by atoms with E-state index in [2.05, 4.69) is 70.2 Å². The zero-order valence-corrected chi connectivity index (χ0v) is 20.7. The van der Waals surface area contributed by atoms with Gasteiger partial charge in [0.15, 0.2) is 0 Å². The Morgan fingerprint density at radius 2 is 1.67 bits per heavy atom. The second-order valence-corrected chi connectivity index (χ2v) is 10.1. The number of aromatic amines is 1. The van der Waals surface area contributed by atoms with Gasteiger partial charge in [-0.2, -0.15) is 0 Å². The standard InChI is InChI=1S/C29H30N6O/c1-20(36)34-14-16-35(17-15-34)28-31-19-23-18-25(21-6-3-2-4-7-21)26(32-27(23)33-28)22-8-10-24(11-9-22)29(30)12-5-13-29/h2-4,6-11,18-19H,5,12-17,30H2,1H3/p+2. The SMILES string of the molecule is CC(=O)N1CCN(c2nc3nc(-c4ccc(C5([NH3+])CCC5)cc4)c(-c4ccccc4)cc3c[nH+]2)CC1. The number of carbonyl (C=O) groups is 1. The predicted molar refractivity (Wildman–Crippen MR) is 140 cm³/mol. The number of piperazine rings is 1. The molecule has 1 amide bonds. The van der Waals surface area contributed by atoms with Crippen LogP contribution < -0.4 is 15.6 Å². The number of carbonyl (C=O) groups excluding carboxylic acids is 1. The molecule has 1 aliphatic heterocycles. The van der Waals surface area contributed by atoms with Crippen molar-refractivity contribution in [3.63, 3.8) is 0 Å². The summed E-state index contributed by atoms with van der Waals surface area (Å²) >= 11 is 0. The quantitative estimate of drug-likeness (QED) is 0.486. The number of rotatable bonds is 4. The van der Waals surface area contributed by atoms with Crippen molar-refractivity contribution in [2.45, 2.75) is 31.7 Å². The van der Waals surface area contributed by atoms with Crippen molar-refractivity contribution in [3.05, 3.63) is 72.4 Å². The summed E-state index contributed by atoms with van der Waals surface area (Å²) in [7, 11) is 0. The van der Waals surface area contributed by atoms with Crippen LogP contribution in [0.15, 0.2) is 66.9 Å². The number of pyridine rings is 1. The van der Waals surface area contributed by atoms with Crippen LogP contribution in [0.2, 0.25) is 0 Å². The van der Waals surface area contributed by atoms with Crippen LogP contribution >= 0.6 is 0 Å². The maximum atomic E-state index is 11.7. The van der Waals surface area contributed by atoms with Crippen molar-refractivity contribution < 1.29 is 15.5 Å². The fourth-order valence-corrected chi connectivity index (χ4v) is 5.32. The molecule has 182 valence electrons. The number of nitrogens with one attached hydrogen (secondary N) is 1. The van der Waals surface area contributed by atoms with E-state index in [0.717, 1.165) is 59.7 Å². The minimum atomic E-state index is 0.0658. The smallest absolute Gasteiger partial charge is 0.349 e. The average Bonchev–Trinajstić information content (AvgIpc) is 2.91. The molecule has 2 aliphatic rings. The highest BCUT2D eigenvalue weighted by atomic mass is 16.2. The number of nitrogens with zero attached hydrogens (tertiary/aromatic N) is 4. The van der Waals surface area contributed by atoms with Gasteiger partial charge in [0.1, 0.15) is 5.54 Å². The Bertz CT molecular complexity index is 1410. The third kappa shape index (κ3) is 4.09. The first kappa shape index (κ1) is 22.6. The Balaban J connectivity index is 1.40. The number of anilines is 1. The number of H-pyrrole nitrogens is 1. The summed E-state index contributed by atoms with van der Waals surface area (Å²) in [5, 5.41) is 0.964. The van der Waals surface area contributed by atoms with Crippen LogP contribution in [0.4, 0.5) is 5.95 Å². The Morgan fingerprint density at radius 1 is 0.944 bits per heavy atom. The highest BCUT2D eigenvalue weighted by Gasteiger charge is 2.38. The molecule has 0 radical (unpaired) electrons. The van der Waals surface area contributed by atoms with Gasteiger partial charge >= 0.3 is 5.95 Å². The Labute approximate surface area is 211 Å². The molecule has 4 aromatic rings. The summed E-state index contributed by atoms with van der Waals surface area (Å²) < 4.78 is 0. The largest absolute Gasteiger partial charge is 0.393 e. The molecule has 1 saturated carbocycles. The van der Waals surface area contributed by atoms with E-state index in [4.69, 9.17) is 9.97 Å². The number of amides is 1. The fourth-order valence-electron chi connectivity index (χ4n) is 5.32. The first-order chi connectivity index (χ1) is 17.5. The van der Waals surface area contributed by atoms with Crippen molar-refractivity contribution >= 4 is 22.9 Å². The van der Waals surface area contributed by atoms with Gasteiger partial charge in [0.05, 0.1) is 43.5 Å². The van der Waals surface area contributed by atoms with Crippen LogP contribution in [0.3, 0.4) is 0 Å². The summed E-state index contributed by atoms with van der Waals surface area (Å²) in [5.41, 5.74) is 10.8. The van der Waals surface area contributed by atoms with Crippen LogP contribution in [-0.4, -0.2) is 47.0 Å². The maximum Gasteiger partial charge on any atom is 0.393 e. The van der Waals surface area contributed by atoms with E-state index < -0.39 is 0 Å². The number of benzene rings is 2. The summed E-state index contributed by atoms with van der Waals surface area (Å²) in [6.07, 6.45) is 5.55. The Kier molecular flexibility index (Phi) is 5.64. The van der Waals surface area contributed by atoms with Gasteiger partial charge in [-0.15, -0.1) is 0 Å². The second kappa shape index (κ2) is 8.99. The zero-order valence-electron chi connectivity index (χ0n) is 20.7. The lowest BCUT2D eigenvalue weighted by molar-refractivity contribution is -0.509. The van der Waals surface area contributed by atoms with Gasteiger partial charge < -0.3 is 10.6 Å². The second-order valence-electron chi connectivity index (χ2n) is 10.1. The zero-order chi connectivity index (χ0) is 24.7. The average molecular weight is 481 g/mol. The van der Waals surface area contributed by atoms with Gasteiger partial charge in [-0.25, -0.2) is 9.97 Å². The number of hydrogen-bond acceptors (Lipinski definition) is 4. The van der Waals surface area contributed by atoms with Gasteiger partial charge in [0.2, 0.25) is 11.6 Å². The highest BCUT2D eigenvalue weighted by molar-refractivity contribution is 5.89. The molecule has 7 nitrogen and oxygen atoms in total. The Hall–Kier alpha value is -3.84. The molecule has 0 spiro atoms. The topological polar surface area (TPSA) is 91.1 Å². The van der Waals surface area contributed by atoms with E-state index in [0.29, 0.717) is 18.7 Å². The first-order valence-corrected chi connectivity index (χ1v) is 12.8. The molecular weight excluding hydrogens is 448 g/mol. The van der Waals surface area contributed by atoms with Crippen molar-refractivity contribution in [1.29, 1.82) is 0 Å². The molecule has 3 heterocycles. The normalized spacial score (nSPS) is 17.2. The molecule has 2 aromatic carbocycles. The third-order valence-electron chi connectivity index (χ3n) is 7.79. The maximum absolute atomic E-state index is 11.7. The summed E-state index contributed by atoms with van der Waals surface area (Å²) in [6.45, 7) is 4.53. The molecule has 2 aromatic heterocycles. The van der Waals surface area contributed by atoms with Gasteiger partial charge in [0, 0.05) is 36.5 Å². The lowest BCUT2D eigenvalue weighted by Crippen LogP contribution is -2.73. The number of aromatic nitrogens is 3. The first-order valence-electron chi connectivity index (χ1n) is 12.8. The molecule has 6 rings (SSSR count). The molecule has 36 heavy (non-hydrogen) atoms. The van der Waals surface area contributed by atoms with E-state index in [1.54, 1.807) is 6.92 Å². The van der Waals surface area contributed by atoms with Crippen molar-refractivity contribution in [2.24, 2.45) is 0 Å². The summed E-state index contributed by atoms with van der Waals surface area (Å²) in [5.74, 6) is 0.911. The minimum absolute atomic E-state index is 0.0658. The van der Waals surface area contributed by atoms with Gasteiger partial charge in [-0.3, -0.25) is 9.69 Å². The molecule has 0 atom stereocenters. The molecule has 2 fully saturated rings. The fraction of sp³-hybridized carbons (Fsp3) is 0.310. The van der Waals surface area contributed by atoms with Gasteiger partial charge in [-0.1, -0.05) is 59.6 Å². The molecule has 0 bridgehead atoms. The minimum Gasteiger partial charge on any atom is -0.349 e. The molecule has 4 N–H and O–H groups in total. The van der Waals surface area contributed by atoms with E-state index in [1.165, 1.54) is 12.0 Å². The van der Waals surface area contributed by atoms with E-state index in [1.807, 2.05) is 17.2 Å². The lowest BCUT2D eigenvalue weighted by atomic mass is 9.72. The van der Waals surface area contributed by atoms with Crippen molar-refractivity contribution in [1.82, 2.24) is 14.9 Å². The van der Waals surface area contributed by atoms with Crippen LogP contribution in [-0.2, 0) is 10.3 Å². The lowest BCUT2D eigenvalue weighted by Gasteiger charge is -2.34. The van der Waals surface area contributed by atoms with E-state index in [-0.39, 0.29) is 11.4 Å². The van der Waals surface area contributed by atoms with Crippen LogP contribution in [0, 0.1) is 0 Å². The monoisotopic (exact) mass is 480 g/mol. The molecule has 1 aliphatic carbocycles. The van der Waals surface area contributed by atoms with Crippen LogP contribution in [0.1, 0.15) is 31.7 Å². The van der Waals surface area contributed by atoms with Crippen molar-refractivity contribution in [3.8, 4) is 22.4 Å². The molecule has 7 heteroatoms. The van der Waals surface area contributed by atoms with E-state index >= 15 is 0 Å². The van der Waals surface area contributed by atoms with Crippen LogP contribution in [0.5, 0.6) is 0 Å². The van der Waals surface area contributed by atoms with E-state index in [9.17, 15) is 4.79 Å². The molecule has 0 unspecified atom stereocenters. The summed E-state index contributed by atoms with van der Waals surface area (Å²) in [4.78, 5) is 29.2. The molecular formula is C29H32N6O+2. The Morgan fingerprint density at radius 3 is 2.31 bits per heavy atom. The summed E-state index contributed by atoms with van der Waals surface area (Å²) in [6, 6.07) is 21.4. The number of fused-ring (bicyclic) bond motifs is 1. The van der Waals surface area contributed by atoms with Gasteiger partial charge in [-0.05, 0) is 18.1 Å². The van der Waals surface area contributed by atoms with Gasteiger partial charge in [0.25, 0.3) is 0 Å². The number of quaternary nitrogens is 1. The number of hydrogen-bond donors (Lipinski definition) is 1. The van der Waals surface area contributed by atoms with Crippen LogP contribution in [0.25, 0.3) is 33.4 Å². The predicted octanol–water partition coefficient (Wildman–Crippen LogP) is 3.07. The van der Waals surface area contributed by atoms with Crippen molar-refractivity contribution in [2.75, 3.05) is 31.1 Å². The highest BCUT2D eigenvalue weighted by Crippen LogP contribution is 2.38. The molecule has 1 saturated heterocycles. The third-order valence-corrected chi connectivity index (χ3v) is 7.79.